The van der Waals surface area contributed by atoms with Gasteiger partial charge in [-0.1, -0.05) is 6.07 Å². The minimum Gasteiger partial charge on any atom is -0.461 e. The summed E-state index contributed by atoms with van der Waals surface area (Å²) in [6, 6.07) is 8.50. The third kappa shape index (κ3) is 3.01. The number of rotatable bonds is 4. The molecule has 2 N–H and O–H groups in total. The fourth-order valence-corrected chi connectivity index (χ4v) is 3.90. The van der Waals surface area contributed by atoms with Crippen LogP contribution in [0.1, 0.15) is 16.8 Å². The number of benzene rings is 1. The maximum absolute atomic E-state index is 12.6. The lowest BCUT2D eigenvalue weighted by Gasteiger charge is -2.27. The van der Waals surface area contributed by atoms with Crippen LogP contribution in [0.15, 0.2) is 52.0 Å². The van der Waals surface area contributed by atoms with E-state index >= 15 is 0 Å². The smallest absolute Gasteiger partial charge is 0.279 e. The number of fused-ring (bicyclic) bond motifs is 2. The van der Waals surface area contributed by atoms with Crippen LogP contribution in [0, 0.1) is 10.1 Å². The molecule has 0 bridgehead atoms. The summed E-state index contributed by atoms with van der Waals surface area (Å²) in [7, 11) is 0. The average Bonchev–Trinajstić information content (AvgIpc) is 3.39. The van der Waals surface area contributed by atoms with Gasteiger partial charge in [-0.3, -0.25) is 19.8 Å². The number of hydrogen-bond donors (Lipinski definition) is 2. The third-order valence-corrected chi connectivity index (χ3v) is 5.26. The highest BCUT2D eigenvalue weighted by Gasteiger charge is 2.24. The summed E-state index contributed by atoms with van der Waals surface area (Å²) in [5, 5.41) is 12.0. The molecule has 1 aromatic carbocycles. The Labute approximate surface area is 164 Å². The Balaban J connectivity index is 1.45. The van der Waals surface area contributed by atoms with E-state index in [2.05, 4.69) is 19.9 Å². The lowest BCUT2D eigenvalue weighted by Crippen LogP contribution is -2.35. The number of nitrogens with one attached hydrogen (secondary N) is 2. The van der Waals surface area contributed by atoms with Crippen LogP contribution in [0.3, 0.4) is 0 Å². The molecule has 0 unspecified atom stereocenters. The summed E-state index contributed by atoms with van der Waals surface area (Å²) in [6.07, 6.45) is 3.96. The number of H-pyrrole nitrogens is 2. The van der Waals surface area contributed by atoms with Gasteiger partial charge in [-0.25, -0.2) is 4.98 Å². The number of nitro benzene ring substituents is 1. The predicted molar refractivity (Wildman–Crippen MR) is 105 cm³/mol. The Kier molecular flexibility index (Phi) is 4.02. The van der Waals surface area contributed by atoms with E-state index in [1.165, 1.54) is 12.3 Å². The summed E-state index contributed by atoms with van der Waals surface area (Å²) in [5.74, 6) is 0.956. The number of nitrogens with zero attached hydrogens (tertiary/aromatic N) is 3. The van der Waals surface area contributed by atoms with Gasteiger partial charge in [-0.2, -0.15) is 0 Å². The SMILES string of the molecule is O=c1[nH]c(-c2ccco2)nc2c1CN(Cc1c[nH]c3cccc([N+](=O)[O-])c13)CC2. The van der Waals surface area contributed by atoms with Gasteiger partial charge in [0.2, 0.25) is 0 Å². The molecule has 29 heavy (non-hydrogen) atoms. The maximum atomic E-state index is 12.6. The van der Waals surface area contributed by atoms with E-state index in [-0.39, 0.29) is 16.2 Å². The van der Waals surface area contributed by atoms with Crippen LogP contribution in [0.5, 0.6) is 0 Å². The van der Waals surface area contributed by atoms with Crippen molar-refractivity contribution >= 4 is 16.6 Å². The third-order valence-electron chi connectivity index (χ3n) is 5.26. The average molecular weight is 391 g/mol. The van der Waals surface area contributed by atoms with Crippen LogP contribution in [-0.4, -0.2) is 31.3 Å². The molecule has 1 aliphatic rings. The highest BCUT2D eigenvalue weighted by molar-refractivity contribution is 5.91. The van der Waals surface area contributed by atoms with Crippen molar-refractivity contribution in [2.24, 2.45) is 0 Å². The number of hydrogen-bond acceptors (Lipinski definition) is 6. The molecule has 0 saturated heterocycles. The summed E-state index contributed by atoms with van der Waals surface area (Å²) in [5.41, 5.74) is 2.86. The van der Waals surface area contributed by atoms with E-state index in [1.54, 1.807) is 24.4 Å². The van der Waals surface area contributed by atoms with Crippen molar-refractivity contribution in [2.75, 3.05) is 6.54 Å². The maximum Gasteiger partial charge on any atom is 0.279 e. The van der Waals surface area contributed by atoms with Gasteiger partial charge in [0.05, 0.1) is 33.3 Å². The first kappa shape index (κ1) is 17.4. The van der Waals surface area contributed by atoms with Gasteiger partial charge >= 0.3 is 0 Å². The Morgan fingerprint density at radius 3 is 2.97 bits per heavy atom. The summed E-state index contributed by atoms with van der Waals surface area (Å²) < 4.78 is 5.33. The number of non-ortho nitro benzene ring substituents is 1. The molecule has 5 rings (SSSR count). The molecule has 0 radical (unpaired) electrons. The van der Waals surface area contributed by atoms with Crippen LogP contribution in [0.25, 0.3) is 22.5 Å². The van der Waals surface area contributed by atoms with Crippen LogP contribution in [0.2, 0.25) is 0 Å². The van der Waals surface area contributed by atoms with Crippen molar-refractivity contribution in [3.8, 4) is 11.6 Å². The number of furan rings is 1. The van der Waals surface area contributed by atoms with Crippen molar-refractivity contribution in [1.29, 1.82) is 0 Å². The molecule has 0 atom stereocenters. The van der Waals surface area contributed by atoms with Crippen molar-refractivity contribution < 1.29 is 9.34 Å². The van der Waals surface area contributed by atoms with Gasteiger partial charge in [0.15, 0.2) is 11.6 Å². The lowest BCUT2D eigenvalue weighted by atomic mass is 10.1. The summed E-state index contributed by atoms with van der Waals surface area (Å²) >= 11 is 0. The molecule has 3 aromatic heterocycles. The first-order valence-electron chi connectivity index (χ1n) is 9.22. The molecule has 9 nitrogen and oxygen atoms in total. The van der Waals surface area contributed by atoms with Gasteiger partial charge in [-0.15, -0.1) is 0 Å². The van der Waals surface area contributed by atoms with Crippen LogP contribution >= 0.6 is 0 Å². The lowest BCUT2D eigenvalue weighted by molar-refractivity contribution is -0.383. The second kappa shape index (κ2) is 6.71. The van der Waals surface area contributed by atoms with Crippen molar-refractivity contribution in [2.45, 2.75) is 19.5 Å². The zero-order valence-electron chi connectivity index (χ0n) is 15.3. The quantitative estimate of drug-likeness (QED) is 0.407. The van der Waals surface area contributed by atoms with Gasteiger partial charge in [0.25, 0.3) is 11.2 Å². The summed E-state index contributed by atoms with van der Waals surface area (Å²) in [6.45, 7) is 1.64. The van der Waals surface area contributed by atoms with E-state index in [0.717, 1.165) is 16.8 Å². The van der Waals surface area contributed by atoms with Crippen molar-refractivity contribution in [3.63, 3.8) is 0 Å². The normalized spacial score (nSPS) is 14.2. The molecule has 9 heteroatoms. The largest absolute Gasteiger partial charge is 0.461 e. The molecule has 0 amide bonds. The molecule has 146 valence electrons. The highest BCUT2D eigenvalue weighted by atomic mass is 16.6. The number of nitro groups is 1. The van der Waals surface area contributed by atoms with Crippen LogP contribution in [0.4, 0.5) is 5.69 Å². The van der Waals surface area contributed by atoms with E-state index in [4.69, 9.17) is 4.42 Å². The number of aromatic amines is 2. The zero-order chi connectivity index (χ0) is 20.0. The Morgan fingerprint density at radius 2 is 2.17 bits per heavy atom. The zero-order valence-corrected chi connectivity index (χ0v) is 15.3. The molecule has 4 aromatic rings. The van der Waals surface area contributed by atoms with E-state index in [1.807, 2.05) is 6.07 Å². The monoisotopic (exact) mass is 391 g/mol. The van der Waals surface area contributed by atoms with Gasteiger partial charge < -0.3 is 14.4 Å². The van der Waals surface area contributed by atoms with Gasteiger partial charge in [0, 0.05) is 38.3 Å². The van der Waals surface area contributed by atoms with Gasteiger partial charge in [0.1, 0.15) is 0 Å². The van der Waals surface area contributed by atoms with E-state index in [0.29, 0.717) is 48.6 Å². The molecule has 0 saturated carbocycles. The Hall–Kier alpha value is -3.72. The topological polar surface area (TPSA) is 121 Å². The fraction of sp³-hybridized carbons (Fsp3) is 0.200. The first-order chi connectivity index (χ1) is 14.1. The minimum absolute atomic E-state index is 0.0822. The Morgan fingerprint density at radius 1 is 1.28 bits per heavy atom. The highest BCUT2D eigenvalue weighted by Crippen LogP contribution is 2.30. The second-order valence-electron chi connectivity index (χ2n) is 7.05. The molecular formula is C20H17N5O4. The van der Waals surface area contributed by atoms with Crippen LogP contribution < -0.4 is 5.56 Å². The van der Waals surface area contributed by atoms with E-state index in [9.17, 15) is 14.9 Å². The fourth-order valence-electron chi connectivity index (χ4n) is 3.90. The molecule has 0 spiro atoms. The molecule has 4 heterocycles. The van der Waals surface area contributed by atoms with E-state index < -0.39 is 0 Å². The molecule has 0 fully saturated rings. The number of aromatic nitrogens is 3. The Bertz CT molecular complexity index is 1270. The predicted octanol–water partition coefficient (Wildman–Crippen LogP) is 2.98. The van der Waals surface area contributed by atoms with Gasteiger partial charge in [-0.05, 0) is 23.8 Å². The first-order valence-corrected chi connectivity index (χ1v) is 9.22. The summed E-state index contributed by atoms with van der Waals surface area (Å²) in [4.78, 5) is 36.2. The van der Waals surface area contributed by atoms with Crippen molar-refractivity contribution in [1.82, 2.24) is 19.9 Å². The second-order valence-corrected chi connectivity index (χ2v) is 7.05. The van der Waals surface area contributed by atoms with Crippen LogP contribution in [-0.2, 0) is 19.5 Å². The molecule has 0 aliphatic carbocycles. The molecular weight excluding hydrogens is 374 g/mol. The minimum atomic E-state index is -0.365. The molecule has 1 aliphatic heterocycles. The van der Waals surface area contributed by atoms with Crippen molar-refractivity contribution in [3.05, 3.63) is 80.1 Å². The standard InChI is InChI=1S/C20H17N5O4/c26-20-13-11-24(7-6-14(13)22-19(23-20)17-5-2-8-29-17)10-12-9-21-15-3-1-4-16(18(12)15)25(27)28/h1-5,8-9,21H,6-7,10-11H2,(H,22,23,26).